The van der Waals surface area contributed by atoms with E-state index < -0.39 is 17.4 Å². The largest absolute Gasteiger partial charge is 0.441 e. The quantitative estimate of drug-likeness (QED) is 0.691. The fraction of sp³-hybridized carbons (Fsp3) is 0.222. The molecule has 26 heavy (non-hydrogen) atoms. The van der Waals surface area contributed by atoms with E-state index in [0.717, 1.165) is 18.9 Å². The Morgan fingerprint density at radius 1 is 1.23 bits per heavy atom. The monoisotopic (exact) mass is 352 g/mol. The minimum Gasteiger partial charge on any atom is -0.441 e. The Balaban J connectivity index is 1.95. The summed E-state index contributed by atoms with van der Waals surface area (Å²) >= 11 is 0. The van der Waals surface area contributed by atoms with E-state index in [4.69, 9.17) is 10.2 Å². The number of aryl methyl sites for hydroxylation is 1. The van der Waals surface area contributed by atoms with Crippen molar-refractivity contribution in [2.45, 2.75) is 26.2 Å². The molecule has 0 spiro atoms. The van der Waals surface area contributed by atoms with Gasteiger partial charge in [0.15, 0.2) is 11.5 Å². The third-order valence-corrected chi connectivity index (χ3v) is 4.38. The van der Waals surface area contributed by atoms with Crippen LogP contribution in [0.2, 0.25) is 0 Å². The third-order valence-electron chi connectivity index (χ3n) is 4.38. The number of imide groups is 1. The molecular formula is C18H16N4O4. The number of hydrogen-bond acceptors (Lipinski definition) is 6. The maximum Gasteiger partial charge on any atom is 0.262 e. The number of pyridine rings is 1. The number of carbonyl (C=O) groups is 2. The summed E-state index contributed by atoms with van der Waals surface area (Å²) in [5.41, 5.74) is 6.99. The lowest BCUT2D eigenvalue weighted by molar-refractivity contribution is 0.0880. The minimum atomic E-state index is -0.623. The van der Waals surface area contributed by atoms with Crippen molar-refractivity contribution >= 4 is 28.7 Å². The summed E-state index contributed by atoms with van der Waals surface area (Å²) in [5, 5.41) is 2.15. The predicted molar refractivity (Wildman–Crippen MR) is 94.4 cm³/mol. The van der Waals surface area contributed by atoms with Gasteiger partial charge >= 0.3 is 0 Å². The SMILES string of the molecule is CCCCc1nc2c(-n3c(N)c4c(cc3=O)C(=O)NC4=O)cccc2o1. The highest BCUT2D eigenvalue weighted by molar-refractivity contribution is 6.23. The second kappa shape index (κ2) is 5.83. The Bertz CT molecular complexity index is 1130. The number of nitrogens with one attached hydrogen (secondary N) is 1. The molecule has 0 fully saturated rings. The Labute approximate surface area is 147 Å². The molecule has 0 unspecified atom stereocenters. The average molecular weight is 352 g/mol. The molecule has 0 radical (unpaired) electrons. The number of unbranched alkanes of at least 4 members (excludes halogenated alkanes) is 1. The van der Waals surface area contributed by atoms with Crippen molar-refractivity contribution in [3.05, 3.63) is 51.6 Å². The van der Waals surface area contributed by atoms with Gasteiger partial charge in [0.1, 0.15) is 11.3 Å². The highest BCUT2D eigenvalue weighted by Gasteiger charge is 2.32. The van der Waals surface area contributed by atoms with E-state index in [9.17, 15) is 14.4 Å². The number of para-hydroxylation sites is 1. The summed E-state index contributed by atoms with van der Waals surface area (Å²) in [6.45, 7) is 2.07. The molecule has 0 saturated carbocycles. The van der Waals surface area contributed by atoms with E-state index in [2.05, 4.69) is 17.2 Å². The van der Waals surface area contributed by atoms with Gasteiger partial charge in [0.2, 0.25) is 0 Å². The molecule has 2 amide bonds. The average Bonchev–Trinajstić information content (AvgIpc) is 3.14. The second-order valence-corrected chi connectivity index (χ2v) is 6.11. The molecule has 8 heteroatoms. The van der Waals surface area contributed by atoms with Crippen LogP contribution in [0.5, 0.6) is 0 Å². The van der Waals surface area contributed by atoms with Crippen molar-refractivity contribution in [1.29, 1.82) is 0 Å². The highest BCUT2D eigenvalue weighted by Crippen LogP contribution is 2.27. The fourth-order valence-electron chi connectivity index (χ4n) is 3.12. The number of benzene rings is 1. The van der Waals surface area contributed by atoms with Crippen molar-refractivity contribution < 1.29 is 14.0 Å². The van der Waals surface area contributed by atoms with Crippen molar-refractivity contribution in [3.8, 4) is 5.69 Å². The van der Waals surface area contributed by atoms with E-state index >= 15 is 0 Å². The molecule has 0 saturated heterocycles. The van der Waals surface area contributed by atoms with Crippen LogP contribution in [0.1, 0.15) is 46.4 Å². The Hall–Kier alpha value is -3.42. The normalized spacial score (nSPS) is 13.3. The second-order valence-electron chi connectivity index (χ2n) is 6.11. The van der Waals surface area contributed by atoms with Crippen LogP contribution in [-0.4, -0.2) is 21.4 Å². The van der Waals surface area contributed by atoms with Gasteiger partial charge < -0.3 is 10.2 Å². The van der Waals surface area contributed by atoms with Crippen molar-refractivity contribution in [2.75, 3.05) is 5.73 Å². The first-order chi connectivity index (χ1) is 12.5. The van der Waals surface area contributed by atoms with Crippen LogP contribution in [-0.2, 0) is 6.42 Å². The molecular weight excluding hydrogens is 336 g/mol. The van der Waals surface area contributed by atoms with Gasteiger partial charge in [-0.25, -0.2) is 4.98 Å². The summed E-state index contributed by atoms with van der Waals surface area (Å²) in [7, 11) is 0. The molecule has 3 heterocycles. The zero-order valence-electron chi connectivity index (χ0n) is 14.0. The van der Waals surface area contributed by atoms with E-state index in [-0.39, 0.29) is 16.9 Å². The van der Waals surface area contributed by atoms with Gasteiger partial charge in [0.25, 0.3) is 17.4 Å². The first-order valence-corrected chi connectivity index (χ1v) is 8.31. The summed E-state index contributed by atoms with van der Waals surface area (Å²) in [4.78, 5) is 40.9. The molecule has 8 nitrogen and oxygen atoms in total. The van der Waals surface area contributed by atoms with Crippen LogP contribution in [0.4, 0.5) is 5.82 Å². The van der Waals surface area contributed by atoms with E-state index in [0.29, 0.717) is 29.1 Å². The lowest BCUT2D eigenvalue weighted by Crippen LogP contribution is -2.24. The molecule has 0 bridgehead atoms. The molecule has 3 aromatic rings. The number of rotatable bonds is 4. The molecule has 1 aliphatic heterocycles. The number of anilines is 1. The van der Waals surface area contributed by atoms with E-state index in [1.165, 1.54) is 4.57 Å². The minimum absolute atomic E-state index is 0.00121. The van der Waals surface area contributed by atoms with Crippen LogP contribution >= 0.6 is 0 Å². The highest BCUT2D eigenvalue weighted by atomic mass is 16.3. The zero-order chi connectivity index (χ0) is 18.4. The van der Waals surface area contributed by atoms with Crippen molar-refractivity contribution in [2.24, 2.45) is 0 Å². The van der Waals surface area contributed by atoms with Gasteiger partial charge in [-0.05, 0) is 18.6 Å². The molecule has 2 aromatic heterocycles. The van der Waals surface area contributed by atoms with Crippen LogP contribution in [0, 0.1) is 0 Å². The number of amides is 2. The number of oxazole rings is 1. The first kappa shape index (κ1) is 16.1. The molecule has 132 valence electrons. The number of nitrogens with zero attached hydrogens (tertiary/aromatic N) is 2. The molecule has 4 rings (SSSR count). The van der Waals surface area contributed by atoms with Crippen molar-refractivity contribution in [3.63, 3.8) is 0 Å². The molecule has 0 aliphatic carbocycles. The van der Waals surface area contributed by atoms with Crippen LogP contribution < -0.4 is 16.6 Å². The van der Waals surface area contributed by atoms with Gasteiger partial charge in [-0.3, -0.25) is 24.3 Å². The number of nitrogens with two attached hydrogens (primary N) is 1. The number of aromatic nitrogens is 2. The Kier molecular flexibility index (Phi) is 3.61. The smallest absolute Gasteiger partial charge is 0.262 e. The number of nitrogen functional groups attached to an aromatic ring is 1. The number of hydrogen-bond donors (Lipinski definition) is 2. The topological polar surface area (TPSA) is 120 Å². The van der Waals surface area contributed by atoms with Gasteiger partial charge in [0.05, 0.1) is 16.8 Å². The van der Waals surface area contributed by atoms with Gasteiger partial charge in [0, 0.05) is 12.5 Å². The molecule has 0 atom stereocenters. The number of fused-ring (bicyclic) bond motifs is 2. The zero-order valence-corrected chi connectivity index (χ0v) is 14.0. The van der Waals surface area contributed by atoms with E-state index in [1.807, 2.05) is 0 Å². The Morgan fingerprint density at radius 2 is 2.04 bits per heavy atom. The third kappa shape index (κ3) is 2.30. The fourth-order valence-corrected chi connectivity index (χ4v) is 3.12. The van der Waals surface area contributed by atoms with Gasteiger partial charge in [-0.15, -0.1) is 0 Å². The summed E-state index contributed by atoms with van der Waals surface area (Å²) in [6, 6.07) is 6.26. The summed E-state index contributed by atoms with van der Waals surface area (Å²) in [6.07, 6.45) is 2.63. The molecule has 3 N–H and O–H groups in total. The van der Waals surface area contributed by atoms with E-state index in [1.54, 1.807) is 18.2 Å². The lowest BCUT2D eigenvalue weighted by atomic mass is 10.1. The standard InChI is InChI=1S/C18H16N4O4/c1-2-3-7-12-20-15-10(5-4-6-11(15)26-12)22-13(23)8-9-14(16(22)19)18(25)21-17(9)24/h4-6,8H,2-3,7,19H2,1H3,(H,21,24,25). The van der Waals surface area contributed by atoms with Crippen LogP contribution in [0.15, 0.2) is 33.5 Å². The Morgan fingerprint density at radius 3 is 2.81 bits per heavy atom. The molecule has 1 aliphatic rings. The number of carbonyl (C=O) groups excluding carboxylic acids is 2. The maximum atomic E-state index is 12.6. The lowest BCUT2D eigenvalue weighted by Gasteiger charge is -2.11. The predicted octanol–water partition coefficient (Wildman–Crippen LogP) is 1.79. The summed E-state index contributed by atoms with van der Waals surface area (Å²) < 4.78 is 6.93. The van der Waals surface area contributed by atoms with Crippen LogP contribution in [0.3, 0.4) is 0 Å². The van der Waals surface area contributed by atoms with Gasteiger partial charge in [-0.1, -0.05) is 19.4 Å². The van der Waals surface area contributed by atoms with Crippen molar-refractivity contribution in [1.82, 2.24) is 14.9 Å². The van der Waals surface area contributed by atoms with Crippen LogP contribution in [0.25, 0.3) is 16.8 Å². The summed E-state index contributed by atoms with van der Waals surface area (Å²) in [5.74, 6) is -0.758. The first-order valence-electron chi connectivity index (χ1n) is 8.31. The van der Waals surface area contributed by atoms with Gasteiger partial charge in [-0.2, -0.15) is 0 Å². The maximum absolute atomic E-state index is 12.6. The molecule has 1 aromatic carbocycles.